The molecule has 2 bridgehead atoms. The summed E-state index contributed by atoms with van der Waals surface area (Å²) in [6.45, 7) is 6.61. The number of benzene rings is 4. The summed E-state index contributed by atoms with van der Waals surface area (Å²) < 4.78 is 9.84. The molecule has 6 nitrogen and oxygen atoms in total. The number of rotatable bonds is 2. The number of carbonyl (C=O) groups is 2. The van der Waals surface area contributed by atoms with Crippen molar-refractivity contribution in [2.75, 3.05) is 30.7 Å². The molecule has 6 heteroatoms. The average Bonchev–Trinajstić information content (AvgIpc) is 3.01. The van der Waals surface area contributed by atoms with Crippen LogP contribution < -0.4 is 9.80 Å². The molecule has 43 heavy (non-hydrogen) atoms. The molecule has 4 aromatic rings. The van der Waals surface area contributed by atoms with E-state index in [2.05, 4.69) is 71.6 Å². The minimum absolute atomic E-state index is 0.394. The first-order valence-electron chi connectivity index (χ1n) is 14.0. The molecule has 2 aliphatic heterocycles. The Hall–Kier alpha value is -5.46. The van der Waals surface area contributed by atoms with Crippen LogP contribution in [0.1, 0.15) is 65.2 Å². The predicted octanol–water partition coefficient (Wildman–Crippen LogP) is 5.97. The van der Waals surface area contributed by atoms with Gasteiger partial charge in [-0.15, -0.1) is 0 Å². The standard InChI is InChI=1S/C37H30N2O4/c1-24-17-26(13-15-28-9-5-7-11-32(28)36(40)42-3)19-30-21-39-23-38(34(24)30)22-31-20-27(18-25(2)35(31)39)14-16-29-10-6-8-12-33(29)37(41)43-4/h5-12,17-20H,21-23H2,1-4H3. The van der Waals surface area contributed by atoms with Crippen molar-refractivity contribution in [3.05, 3.63) is 128 Å². The van der Waals surface area contributed by atoms with Gasteiger partial charge in [-0.3, -0.25) is 0 Å². The molecule has 0 saturated heterocycles. The maximum Gasteiger partial charge on any atom is 0.339 e. The Morgan fingerprint density at radius 3 is 1.47 bits per heavy atom. The predicted molar refractivity (Wildman–Crippen MR) is 167 cm³/mol. The summed E-state index contributed by atoms with van der Waals surface area (Å²) in [6.07, 6.45) is 0. The Balaban J connectivity index is 1.31. The van der Waals surface area contributed by atoms with E-state index in [-0.39, 0.29) is 0 Å². The van der Waals surface area contributed by atoms with E-state index < -0.39 is 11.9 Å². The number of ether oxygens (including phenoxy) is 2. The number of hydrogen-bond donors (Lipinski definition) is 0. The van der Waals surface area contributed by atoms with E-state index in [1.165, 1.54) is 47.8 Å². The van der Waals surface area contributed by atoms with Gasteiger partial charge in [0, 0.05) is 46.7 Å². The Kier molecular flexibility index (Phi) is 7.36. The van der Waals surface area contributed by atoms with Crippen LogP contribution in [0.15, 0.2) is 72.8 Å². The molecule has 0 spiro atoms. The van der Waals surface area contributed by atoms with Crippen LogP contribution in [-0.4, -0.2) is 32.8 Å². The molecule has 4 aromatic carbocycles. The Labute approximate surface area is 251 Å². The molecule has 0 atom stereocenters. The number of nitrogens with zero attached hydrogens (tertiary/aromatic N) is 2. The van der Waals surface area contributed by atoms with Crippen molar-refractivity contribution in [2.24, 2.45) is 0 Å². The molecular weight excluding hydrogens is 536 g/mol. The Morgan fingerprint density at radius 1 is 0.628 bits per heavy atom. The van der Waals surface area contributed by atoms with E-state index in [0.717, 1.165) is 30.9 Å². The van der Waals surface area contributed by atoms with Crippen molar-refractivity contribution < 1.29 is 19.1 Å². The third-order valence-electron chi connectivity index (χ3n) is 7.80. The van der Waals surface area contributed by atoms with Gasteiger partial charge in [0.15, 0.2) is 0 Å². The third kappa shape index (κ3) is 5.32. The average molecular weight is 567 g/mol. The summed E-state index contributed by atoms with van der Waals surface area (Å²) in [5, 5.41) is 0. The van der Waals surface area contributed by atoms with Gasteiger partial charge < -0.3 is 19.3 Å². The SMILES string of the molecule is COC(=O)c1ccccc1C#Cc1cc(C)c2c(c1)CN1CN2Cc2cc(C#Cc3ccccc3C(=O)OC)cc(C)c21. The van der Waals surface area contributed by atoms with Gasteiger partial charge in [0.1, 0.15) is 0 Å². The fourth-order valence-electron chi connectivity index (χ4n) is 6.05. The second kappa shape index (κ2) is 11.4. The third-order valence-corrected chi connectivity index (χ3v) is 7.80. The lowest BCUT2D eigenvalue weighted by atomic mass is 9.94. The summed E-state index contributed by atoms with van der Waals surface area (Å²) in [6, 6.07) is 23.0. The maximum absolute atomic E-state index is 12.2. The van der Waals surface area contributed by atoms with Crippen molar-refractivity contribution in [1.82, 2.24) is 0 Å². The number of hydrogen-bond acceptors (Lipinski definition) is 6. The highest BCUT2D eigenvalue weighted by Crippen LogP contribution is 2.41. The molecule has 6 rings (SSSR count). The van der Waals surface area contributed by atoms with E-state index in [1.807, 2.05) is 36.4 Å². The van der Waals surface area contributed by atoms with Crippen LogP contribution in [0, 0.1) is 37.5 Å². The minimum atomic E-state index is -0.394. The summed E-state index contributed by atoms with van der Waals surface area (Å²) in [5.41, 5.74) is 11.3. The summed E-state index contributed by atoms with van der Waals surface area (Å²) >= 11 is 0. The van der Waals surface area contributed by atoms with Crippen LogP contribution in [-0.2, 0) is 22.6 Å². The first kappa shape index (κ1) is 27.7. The Bertz CT molecular complexity index is 1780. The summed E-state index contributed by atoms with van der Waals surface area (Å²) in [4.78, 5) is 29.2. The van der Waals surface area contributed by atoms with Crippen LogP contribution >= 0.6 is 0 Å². The van der Waals surface area contributed by atoms with E-state index in [9.17, 15) is 9.59 Å². The molecular formula is C37H30N2O4. The van der Waals surface area contributed by atoms with E-state index >= 15 is 0 Å². The number of methoxy groups -OCH3 is 2. The second-order valence-corrected chi connectivity index (χ2v) is 10.7. The van der Waals surface area contributed by atoms with Crippen molar-refractivity contribution in [1.29, 1.82) is 0 Å². The lowest BCUT2D eigenvalue weighted by Gasteiger charge is -2.46. The fraction of sp³-hybridized carbons (Fsp3) is 0.189. The maximum atomic E-state index is 12.2. The van der Waals surface area contributed by atoms with Crippen molar-refractivity contribution in [3.8, 4) is 23.7 Å². The molecule has 0 aliphatic carbocycles. The quantitative estimate of drug-likeness (QED) is 0.220. The molecule has 0 unspecified atom stereocenters. The number of aryl methyl sites for hydroxylation is 2. The van der Waals surface area contributed by atoms with E-state index in [1.54, 1.807) is 12.1 Å². The van der Waals surface area contributed by atoms with Gasteiger partial charge in [-0.1, -0.05) is 47.9 Å². The van der Waals surface area contributed by atoms with Crippen LogP contribution in [0.3, 0.4) is 0 Å². The highest BCUT2D eigenvalue weighted by Gasteiger charge is 2.31. The summed E-state index contributed by atoms with van der Waals surface area (Å²) in [5.74, 6) is 12.1. The fourth-order valence-corrected chi connectivity index (χ4v) is 6.05. The lowest BCUT2D eigenvalue weighted by molar-refractivity contribution is 0.0591. The highest BCUT2D eigenvalue weighted by molar-refractivity contribution is 5.93. The highest BCUT2D eigenvalue weighted by atomic mass is 16.5. The normalized spacial score (nSPS) is 12.6. The molecule has 0 fully saturated rings. The Morgan fingerprint density at radius 2 is 1.05 bits per heavy atom. The van der Waals surface area contributed by atoms with E-state index in [0.29, 0.717) is 22.3 Å². The molecule has 0 amide bonds. The van der Waals surface area contributed by atoms with Crippen molar-refractivity contribution in [2.45, 2.75) is 26.9 Å². The van der Waals surface area contributed by atoms with Crippen LogP contribution in [0.25, 0.3) is 0 Å². The molecule has 2 heterocycles. The van der Waals surface area contributed by atoms with Gasteiger partial charge in [0.2, 0.25) is 0 Å². The van der Waals surface area contributed by atoms with Crippen LogP contribution in [0.2, 0.25) is 0 Å². The zero-order chi connectivity index (χ0) is 30.1. The first-order chi connectivity index (χ1) is 20.9. The van der Waals surface area contributed by atoms with Crippen molar-refractivity contribution >= 4 is 23.3 Å². The molecule has 0 saturated carbocycles. The zero-order valence-corrected chi connectivity index (χ0v) is 24.6. The van der Waals surface area contributed by atoms with E-state index in [4.69, 9.17) is 9.47 Å². The van der Waals surface area contributed by atoms with Gasteiger partial charge >= 0.3 is 11.9 Å². The number of fused-ring (bicyclic) bond motifs is 6. The van der Waals surface area contributed by atoms with Gasteiger partial charge in [0.05, 0.1) is 32.0 Å². The monoisotopic (exact) mass is 566 g/mol. The van der Waals surface area contributed by atoms with Crippen molar-refractivity contribution in [3.63, 3.8) is 0 Å². The molecule has 0 aromatic heterocycles. The number of carbonyl (C=O) groups excluding carboxylic acids is 2. The summed E-state index contributed by atoms with van der Waals surface area (Å²) in [7, 11) is 2.75. The topological polar surface area (TPSA) is 59.1 Å². The minimum Gasteiger partial charge on any atom is -0.465 e. The van der Waals surface area contributed by atoms with Gasteiger partial charge in [-0.05, 0) is 84.6 Å². The number of esters is 2. The van der Waals surface area contributed by atoms with Crippen LogP contribution in [0.4, 0.5) is 11.4 Å². The molecule has 2 aliphatic rings. The largest absolute Gasteiger partial charge is 0.465 e. The van der Waals surface area contributed by atoms with Gasteiger partial charge in [-0.2, -0.15) is 0 Å². The van der Waals surface area contributed by atoms with Gasteiger partial charge in [0.25, 0.3) is 0 Å². The molecule has 212 valence electrons. The number of anilines is 2. The van der Waals surface area contributed by atoms with Crippen LogP contribution in [0.5, 0.6) is 0 Å². The smallest absolute Gasteiger partial charge is 0.339 e. The van der Waals surface area contributed by atoms with Gasteiger partial charge in [-0.25, -0.2) is 9.59 Å². The molecule has 0 radical (unpaired) electrons. The lowest BCUT2D eigenvalue weighted by Crippen LogP contribution is -2.46. The second-order valence-electron chi connectivity index (χ2n) is 10.7. The molecule has 0 N–H and O–H groups in total. The first-order valence-corrected chi connectivity index (χ1v) is 14.0. The zero-order valence-electron chi connectivity index (χ0n) is 24.6.